The number of ether oxygens (including phenoxy) is 1. The Kier molecular flexibility index (Phi) is 4.24. The van der Waals surface area contributed by atoms with E-state index in [9.17, 15) is 15.0 Å². The molecule has 1 fully saturated rings. The summed E-state index contributed by atoms with van der Waals surface area (Å²) in [7, 11) is 0. The van der Waals surface area contributed by atoms with E-state index in [0.717, 1.165) is 28.0 Å². The quantitative estimate of drug-likeness (QED) is 0.828. The second-order valence-electron chi connectivity index (χ2n) is 7.39. The summed E-state index contributed by atoms with van der Waals surface area (Å²) in [6.45, 7) is 8.74. The minimum atomic E-state index is -0.879. The van der Waals surface area contributed by atoms with Crippen LogP contribution < -0.4 is 4.74 Å². The maximum absolute atomic E-state index is 13.0. The van der Waals surface area contributed by atoms with Gasteiger partial charge in [-0.05, 0) is 63.6 Å². The highest BCUT2D eigenvalue weighted by Gasteiger charge is 2.43. The van der Waals surface area contributed by atoms with Crippen LogP contribution in [0.4, 0.5) is 0 Å². The first-order valence-electron chi connectivity index (χ1n) is 8.72. The number of fused-ring (bicyclic) bond motifs is 1. The van der Waals surface area contributed by atoms with Crippen LogP contribution in [0.25, 0.3) is 0 Å². The molecule has 24 heavy (non-hydrogen) atoms. The molecule has 5 heteroatoms. The molecule has 1 aromatic carbocycles. The number of hydrogen-bond donors (Lipinski definition) is 2. The lowest BCUT2D eigenvalue weighted by Crippen LogP contribution is -2.54. The minimum absolute atomic E-state index is 0.00262. The van der Waals surface area contributed by atoms with Gasteiger partial charge in [0.2, 0.25) is 0 Å². The van der Waals surface area contributed by atoms with E-state index in [2.05, 4.69) is 0 Å². The highest BCUT2D eigenvalue weighted by atomic mass is 16.5. The van der Waals surface area contributed by atoms with Crippen molar-refractivity contribution in [3.05, 3.63) is 22.3 Å². The monoisotopic (exact) mass is 333 g/mol. The molecular weight excluding hydrogens is 306 g/mol. The zero-order valence-electron chi connectivity index (χ0n) is 15.0. The number of carbonyl (C=O) groups is 1. The number of piperidine rings is 1. The minimum Gasteiger partial charge on any atom is -0.507 e. The fourth-order valence-corrected chi connectivity index (χ4v) is 3.80. The van der Waals surface area contributed by atoms with E-state index in [0.29, 0.717) is 44.5 Å². The van der Waals surface area contributed by atoms with Crippen molar-refractivity contribution in [1.82, 2.24) is 4.90 Å². The van der Waals surface area contributed by atoms with Crippen molar-refractivity contribution < 1.29 is 19.7 Å². The molecule has 0 bridgehead atoms. The number of aliphatic hydroxyl groups excluding tert-OH is 1. The van der Waals surface area contributed by atoms with Gasteiger partial charge in [0.25, 0.3) is 5.91 Å². The predicted molar refractivity (Wildman–Crippen MR) is 91.5 cm³/mol. The molecular formula is C19H27NO4. The van der Waals surface area contributed by atoms with Crippen LogP contribution in [0, 0.1) is 20.8 Å². The molecule has 1 amide bonds. The van der Waals surface area contributed by atoms with Gasteiger partial charge in [0, 0.05) is 25.1 Å². The van der Waals surface area contributed by atoms with Crippen molar-refractivity contribution in [3.8, 4) is 11.5 Å². The third kappa shape index (κ3) is 2.65. The maximum Gasteiger partial charge on any atom is 0.266 e. The molecule has 1 saturated heterocycles. The second-order valence-corrected chi connectivity index (χ2v) is 7.39. The summed E-state index contributed by atoms with van der Waals surface area (Å²) in [5.74, 6) is 1.08. The number of amides is 1. The van der Waals surface area contributed by atoms with Crippen molar-refractivity contribution in [2.24, 2.45) is 0 Å². The van der Waals surface area contributed by atoms with E-state index in [-0.39, 0.29) is 12.0 Å². The van der Waals surface area contributed by atoms with Gasteiger partial charge in [0.15, 0.2) is 5.60 Å². The van der Waals surface area contributed by atoms with Crippen molar-refractivity contribution in [2.45, 2.75) is 65.1 Å². The number of hydrogen-bond acceptors (Lipinski definition) is 4. The molecule has 0 radical (unpaired) electrons. The molecule has 2 aliphatic heterocycles. The molecule has 5 nitrogen and oxygen atoms in total. The van der Waals surface area contributed by atoms with Crippen LogP contribution in [0.5, 0.6) is 11.5 Å². The Morgan fingerprint density at radius 2 is 1.79 bits per heavy atom. The summed E-state index contributed by atoms with van der Waals surface area (Å²) in [6, 6.07) is 0. The number of phenolic OH excluding ortho intramolecular Hbond substituents is 1. The number of aliphatic hydroxyl groups is 1. The summed E-state index contributed by atoms with van der Waals surface area (Å²) >= 11 is 0. The molecule has 0 aromatic heterocycles. The van der Waals surface area contributed by atoms with Crippen LogP contribution >= 0.6 is 0 Å². The van der Waals surface area contributed by atoms with E-state index in [4.69, 9.17) is 4.74 Å². The van der Waals surface area contributed by atoms with Crippen molar-refractivity contribution in [2.75, 3.05) is 13.1 Å². The zero-order valence-corrected chi connectivity index (χ0v) is 15.0. The molecule has 0 saturated carbocycles. The van der Waals surface area contributed by atoms with E-state index in [1.165, 1.54) is 0 Å². The van der Waals surface area contributed by atoms with Gasteiger partial charge in [0.05, 0.1) is 6.10 Å². The van der Waals surface area contributed by atoms with Crippen LogP contribution in [0.1, 0.15) is 48.4 Å². The van der Waals surface area contributed by atoms with Gasteiger partial charge in [0.1, 0.15) is 11.5 Å². The van der Waals surface area contributed by atoms with Gasteiger partial charge in [-0.3, -0.25) is 4.79 Å². The van der Waals surface area contributed by atoms with E-state index in [1.807, 2.05) is 32.6 Å². The largest absolute Gasteiger partial charge is 0.507 e. The first-order valence-corrected chi connectivity index (χ1v) is 8.72. The topological polar surface area (TPSA) is 70.0 Å². The zero-order chi connectivity index (χ0) is 17.6. The average molecular weight is 333 g/mol. The molecule has 0 spiro atoms. The van der Waals surface area contributed by atoms with E-state index in [1.54, 1.807) is 0 Å². The third-order valence-electron chi connectivity index (χ3n) is 5.72. The molecule has 1 unspecified atom stereocenters. The van der Waals surface area contributed by atoms with Crippen LogP contribution in [0.2, 0.25) is 0 Å². The van der Waals surface area contributed by atoms with E-state index >= 15 is 0 Å². The first-order chi connectivity index (χ1) is 11.2. The van der Waals surface area contributed by atoms with Crippen LogP contribution in [0.3, 0.4) is 0 Å². The number of phenols is 1. The molecule has 2 aliphatic rings. The van der Waals surface area contributed by atoms with Gasteiger partial charge in [-0.25, -0.2) is 0 Å². The Morgan fingerprint density at radius 3 is 2.42 bits per heavy atom. The lowest BCUT2D eigenvalue weighted by molar-refractivity contribution is -0.150. The van der Waals surface area contributed by atoms with Crippen LogP contribution in [-0.4, -0.2) is 45.8 Å². The lowest BCUT2D eigenvalue weighted by Gasteiger charge is -2.41. The molecule has 0 aliphatic carbocycles. The first kappa shape index (κ1) is 17.1. The van der Waals surface area contributed by atoms with Crippen molar-refractivity contribution in [1.29, 1.82) is 0 Å². The summed E-state index contributed by atoms with van der Waals surface area (Å²) in [5.41, 5.74) is 2.69. The third-order valence-corrected chi connectivity index (χ3v) is 5.72. The maximum atomic E-state index is 13.0. The van der Waals surface area contributed by atoms with Gasteiger partial charge >= 0.3 is 0 Å². The summed E-state index contributed by atoms with van der Waals surface area (Å²) in [5, 5.41) is 19.9. The summed E-state index contributed by atoms with van der Waals surface area (Å²) < 4.78 is 6.24. The Hall–Kier alpha value is -1.75. The number of benzene rings is 1. The molecule has 1 atom stereocenters. The number of nitrogens with zero attached hydrogens (tertiary/aromatic N) is 1. The standard InChI is InChI=1S/C19H27NO4/c1-11-12(2)17-15(13(3)16(11)22)5-8-19(4,24-17)18(23)20-9-6-14(21)7-10-20/h14,21-22H,5-10H2,1-4H3. The van der Waals surface area contributed by atoms with Gasteiger partial charge in [-0.1, -0.05) is 0 Å². The highest BCUT2D eigenvalue weighted by Crippen LogP contribution is 2.43. The smallest absolute Gasteiger partial charge is 0.266 e. The normalized spacial score (nSPS) is 24.5. The Morgan fingerprint density at radius 1 is 1.17 bits per heavy atom. The fourth-order valence-electron chi connectivity index (χ4n) is 3.80. The highest BCUT2D eigenvalue weighted by molar-refractivity contribution is 5.86. The Bertz CT molecular complexity index is 677. The lowest BCUT2D eigenvalue weighted by atomic mass is 9.86. The molecule has 2 heterocycles. The van der Waals surface area contributed by atoms with Crippen LogP contribution in [-0.2, 0) is 11.2 Å². The molecule has 2 N–H and O–H groups in total. The van der Waals surface area contributed by atoms with Crippen LogP contribution in [0.15, 0.2) is 0 Å². The molecule has 1 aromatic rings. The van der Waals surface area contributed by atoms with Crippen molar-refractivity contribution >= 4 is 5.91 Å². The second kappa shape index (κ2) is 5.96. The number of likely N-dealkylation sites (tertiary alicyclic amines) is 1. The van der Waals surface area contributed by atoms with Gasteiger partial charge < -0.3 is 19.8 Å². The average Bonchev–Trinajstić information content (AvgIpc) is 2.58. The Balaban J connectivity index is 1.90. The van der Waals surface area contributed by atoms with Gasteiger partial charge in [-0.15, -0.1) is 0 Å². The summed E-state index contributed by atoms with van der Waals surface area (Å²) in [6.07, 6.45) is 2.27. The number of aromatic hydroxyl groups is 1. The Labute approximate surface area is 143 Å². The van der Waals surface area contributed by atoms with Crippen molar-refractivity contribution in [3.63, 3.8) is 0 Å². The predicted octanol–water partition coefficient (Wildman–Crippen LogP) is 2.38. The summed E-state index contributed by atoms with van der Waals surface area (Å²) in [4.78, 5) is 14.8. The SMILES string of the molecule is Cc1c(C)c2c(c(C)c1O)CCC(C)(C(=O)N1CCC(O)CC1)O2. The fraction of sp³-hybridized carbons (Fsp3) is 0.632. The number of rotatable bonds is 1. The number of carbonyl (C=O) groups excluding carboxylic acids is 1. The molecule has 132 valence electrons. The van der Waals surface area contributed by atoms with Gasteiger partial charge in [-0.2, -0.15) is 0 Å². The van der Waals surface area contributed by atoms with E-state index < -0.39 is 5.60 Å². The molecule has 3 rings (SSSR count).